The first kappa shape index (κ1) is 18.0. The van der Waals surface area contributed by atoms with E-state index in [1.54, 1.807) is 0 Å². The quantitative estimate of drug-likeness (QED) is 0.867. The van der Waals surface area contributed by atoms with E-state index >= 15 is 0 Å². The summed E-state index contributed by atoms with van der Waals surface area (Å²) in [7, 11) is 0. The Hall–Kier alpha value is -1.76. The van der Waals surface area contributed by atoms with Crippen LogP contribution in [0.2, 0.25) is 0 Å². The number of piperazine rings is 1. The van der Waals surface area contributed by atoms with Crippen molar-refractivity contribution in [2.24, 2.45) is 0 Å². The van der Waals surface area contributed by atoms with Crippen LogP contribution in [0.25, 0.3) is 11.5 Å². The molecule has 2 unspecified atom stereocenters. The molecule has 3 rings (SSSR count). The summed E-state index contributed by atoms with van der Waals surface area (Å²) in [4.78, 5) is 4.74. The number of aromatic nitrogens is 2. The van der Waals surface area contributed by atoms with Gasteiger partial charge in [0.05, 0.1) is 12.6 Å². The zero-order chi connectivity index (χ0) is 17.8. The van der Waals surface area contributed by atoms with E-state index in [0.717, 1.165) is 38.2 Å². The van der Waals surface area contributed by atoms with Gasteiger partial charge in [-0.1, -0.05) is 24.6 Å². The molecule has 0 aliphatic carbocycles. The van der Waals surface area contributed by atoms with Gasteiger partial charge in [-0.3, -0.25) is 9.80 Å². The fraction of sp³-hybridized carbons (Fsp3) is 0.579. The van der Waals surface area contributed by atoms with Gasteiger partial charge in [0.2, 0.25) is 11.8 Å². The van der Waals surface area contributed by atoms with Crippen LogP contribution in [0.4, 0.5) is 0 Å². The summed E-state index contributed by atoms with van der Waals surface area (Å²) >= 11 is 0. The maximum absolute atomic E-state index is 9.66. The van der Waals surface area contributed by atoms with E-state index in [4.69, 9.17) is 4.42 Å². The molecule has 1 fully saturated rings. The second-order valence-corrected chi connectivity index (χ2v) is 7.01. The molecule has 25 heavy (non-hydrogen) atoms. The number of β-amino-alcohol motifs (C(OH)–C–C–N with tert-alkyl or cyclic N) is 1. The van der Waals surface area contributed by atoms with E-state index in [1.165, 1.54) is 5.56 Å². The van der Waals surface area contributed by atoms with Gasteiger partial charge in [0.25, 0.3) is 0 Å². The van der Waals surface area contributed by atoms with Gasteiger partial charge in [-0.2, -0.15) is 0 Å². The molecule has 1 aliphatic heterocycles. The Morgan fingerprint density at radius 3 is 2.68 bits per heavy atom. The third kappa shape index (κ3) is 4.66. The number of aliphatic hydroxyl groups excluding tert-OH is 1. The lowest BCUT2D eigenvalue weighted by Gasteiger charge is -2.41. The summed E-state index contributed by atoms with van der Waals surface area (Å²) in [6.07, 6.45) is 0.787. The first-order chi connectivity index (χ1) is 12.0. The fourth-order valence-electron chi connectivity index (χ4n) is 3.39. The molecule has 1 saturated heterocycles. The topological polar surface area (TPSA) is 65.6 Å². The van der Waals surface area contributed by atoms with Crippen molar-refractivity contribution in [2.75, 3.05) is 26.2 Å². The lowest BCUT2D eigenvalue weighted by molar-refractivity contribution is 0.0309. The number of benzene rings is 1. The molecular weight excluding hydrogens is 316 g/mol. The van der Waals surface area contributed by atoms with Gasteiger partial charge in [-0.15, -0.1) is 10.2 Å². The number of hydrogen-bond donors (Lipinski definition) is 1. The summed E-state index contributed by atoms with van der Waals surface area (Å²) in [5.74, 6) is 1.24. The minimum absolute atomic E-state index is 0.284. The maximum atomic E-state index is 9.66. The molecule has 2 aromatic rings. The lowest BCUT2D eigenvalue weighted by atomic mass is 10.1. The normalized spacial score (nSPS) is 20.7. The highest BCUT2D eigenvalue weighted by Gasteiger charge is 2.27. The van der Waals surface area contributed by atoms with Crippen molar-refractivity contribution in [2.45, 2.75) is 45.9 Å². The lowest BCUT2D eigenvalue weighted by Crippen LogP contribution is -2.54. The molecule has 6 heteroatoms. The highest BCUT2D eigenvalue weighted by Crippen LogP contribution is 2.20. The number of rotatable bonds is 6. The molecule has 136 valence electrons. The van der Waals surface area contributed by atoms with Crippen LogP contribution in [-0.2, 0) is 6.54 Å². The van der Waals surface area contributed by atoms with Gasteiger partial charge < -0.3 is 9.52 Å². The third-order valence-electron chi connectivity index (χ3n) is 4.78. The van der Waals surface area contributed by atoms with Crippen LogP contribution in [0.5, 0.6) is 0 Å². The zero-order valence-electron chi connectivity index (χ0n) is 15.4. The first-order valence-electron chi connectivity index (χ1n) is 9.09. The van der Waals surface area contributed by atoms with Crippen LogP contribution in [0.1, 0.15) is 31.7 Å². The van der Waals surface area contributed by atoms with Crippen molar-refractivity contribution in [1.82, 2.24) is 20.0 Å². The minimum Gasteiger partial charge on any atom is -0.419 e. The Labute approximate surface area is 149 Å². The average Bonchev–Trinajstić information content (AvgIpc) is 3.05. The number of nitrogens with zero attached hydrogens (tertiary/aromatic N) is 4. The standard InChI is InChI=1S/C19H28N4O2/c1-4-17-12-22(9-10-23(17)11-15(3)24)13-18-20-21-19(25-18)16-7-5-14(2)6-8-16/h5-8,15,17,24H,4,9-13H2,1-3H3. The van der Waals surface area contributed by atoms with Crippen molar-refractivity contribution in [1.29, 1.82) is 0 Å². The van der Waals surface area contributed by atoms with Crippen molar-refractivity contribution >= 4 is 0 Å². The van der Waals surface area contributed by atoms with Gasteiger partial charge >= 0.3 is 0 Å². The van der Waals surface area contributed by atoms with Gasteiger partial charge in [-0.25, -0.2) is 0 Å². The van der Waals surface area contributed by atoms with E-state index < -0.39 is 0 Å². The number of aryl methyl sites for hydroxylation is 1. The Kier molecular flexibility index (Phi) is 5.83. The molecule has 1 aromatic heterocycles. The second kappa shape index (κ2) is 8.08. The molecule has 1 N–H and O–H groups in total. The van der Waals surface area contributed by atoms with Crippen LogP contribution < -0.4 is 0 Å². The molecule has 0 saturated carbocycles. The Morgan fingerprint density at radius 2 is 2.00 bits per heavy atom. The van der Waals surface area contributed by atoms with Crippen molar-refractivity contribution in [3.63, 3.8) is 0 Å². The second-order valence-electron chi connectivity index (χ2n) is 7.01. The number of aliphatic hydroxyl groups is 1. The summed E-state index contributed by atoms with van der Waals surface area (Å²) in [5.41, 5.74) is 2.17. The Morgan fingerprint density at radius 1 is 1.24 bits per heavy atom. The minimum atomic E-state index is -0.284. The molecule has 1 aromatic carbocycles. The van der Waals surface area contributed by atoms with Crippen molar-refractivity contribution < 1.29 is 9.52 Å². The number of hydrogen-bond acceptors (Lipinski definition) is 6. The fourth-order valence-corrected chi connectivity index (χ4v) is 3.39. The zero-order valence-corrected chi connectivity index (χ0v) is 15.4. The van der Waals surface area contributed by atoms with Gasteiger partial charge in [0.1, 0.15) is 0 Å². The molecule has 6 nitrogen and oxygen atoms in total. The summed E-state index contributed by atoms with van der Waals surface area (Å²) in [5, 5.41) is 18.1. The maximum Gasteiger partial charge on any atom is 0.247 e. The Bertz CT molecular complexity index is 668. The van der Waals surface area contributed by atoms with Crippen LogP contribution in [0.3, 0.4) is 0 Å². The summed E-state index contributed by atoms with van der Waals surface area (Å²) in [6, 6.07) is 8.57. The van der Waals surface area contributed by atoms with Crippen LogP contribution in [0, 0.1) is 6.92 Å². The first-order valence-corrected chi connectivity index (χ1v) is 9.09. The van der Waals surface area contributed by atoms with E-state index in [-0.39, 0.29) is 6.10 Å². The highest BCUT2D eigenvalue weighted by atomic mass is 16.4. The van der Waals surface area contributed by atoms with Crippen LogP contribution in [-0.4, -0.2) is 63.4 Å². The Balaban J connectivity index is 1.61. The largest absolute Gasteiger partial charge is 0.419 e. The van der Waals surface area contributed by atoms with Crippen LogP contribution >= 0.6 is 0 Å². The SMILES string of the molecule is CCC1CN(Cc2nnc(-c3ccc(C)cc3)o2)CCN1CC(C)O. The van der Waals surface area contributed by atoms with Crippen LogP contribution in [0.15, 0.2) is 28.7 Å². The van der Waals surface area contributed by atoms with E-state index in [1.807, 2.05) is 31.2 Å². The smallest absolute Gasteiger partial charge is 0.247 e. The van der Waals surface area contributed by atoms with Gasteiger partial charge in [0, 0.05) is 37.8 Å². The average molecular weight is 344 g/mol. The van der Waals surface area contributed by atoms with Gasteiger partial charge in [-0.05, 0) is 32.4 Å². The predicted molar refractivity (Wildman–Crippen MR) is 97.1 cm³/mol. The monoisotopic (exact) mass is 344 g/mol. The molecule has 2 atom stereocenters. The molecule has 0 radical (unpaired) electrons. The molecular formula is C19H28N4O2. The van der Waals surface area contributed by atoms with E-state index in [9.17, 15) is 5.11 Å². The summed E-state index contributed by atoms with van der Waals surface area (Å²) in [6.45, 7) is 10.4. The molecule has 0 amide bonds. The predicted octanol–water partition coefficient (Wildman–Crippen LogP) is 2.32. The molecule has 1 aliphatic rings. The van der Waals surface area contributed by atoms with E-state index in [2.05, 4.69) is 33.8 Å². The van der Waals surface area contributed by atoms with Crippen molar-refractivity contribution in [3.05, 3.63) is 35.7 Å². The van der Waals surface area contributed by atoms with Gasteiger partial charge in [0.15, 0.2) is 0 Å². The third-order valence-corrected chi connectivity index (χ3v) is 4.78. The highest BCUT2D eigenvalue weighted by molar-refractivity contribution is 5.52. The van der Waals surface area contributed by atoms with E-state index in [0.29, 0.717) is 24.4 Å². The molecule has 0 bridgehead atoms. The molecule has 2 heterocycles. The molecule has 0 spiro atoms. The van der Waals surface area contributed by atoms with Crippen molar-refractivity contribution in [3.8, 4) is 11.5 Å². The summed E-state index contributed by atoms with van der Waals surface area (Å²) < 4.78 is 5.86.